The molecule has 27 heavy (non-hydrogen) atoms. The molecule has 0 bridgehead atoms. The van der Waals surface area contributed by atoms with Gasteiger partial charge in [0.05, 0.1) is 0 Å². The van der Waals surface area contributed by atoms with Crippen LogP contribution in [0.15, 0.2) is 60.2 Å². The first-order chi connectivity index (χ1) is 13.1. The Bertz CT molecular complexity index is 891. The van der Waals surface area contributed by atoms with E-state index >= 15 is 0 Å². The van der Waals surface area contributed by atoms with Crippen LogP contribution < -0.4 is 5.32 Å². The van der Waals surface area contributed by atoms with E-state index in [1.54, 1.807) is 24.3 Å². The van der Waals surface area contributed by atoms with E-state index in [1.807, 2.05) is 43.3 Å². The van der Waals surface area contributed by atoms with Crippen molar-refractivity contribution < 1.29 is 14.3 Å². The number of aryl methyl sites for hydroxylation is 1. The van der Waals surface area contributed by atoms with Gasteiger partial charge in [0.1, 0.15) is 11.6 Å². The lowest BCUT2D eigenvalue weighted by Gasteiger charge is -2.17. The minimum Gasteiger partial charge on any atom is -0.443 e. The van der Waals surface area contributed by atoms with Crippen molar-refractivity contribution in [2.24, 2.45) is 0 Å². The number of benzene rings is 2. The molecule has 0 aliphatic heterocycles. The highest BCUT2D eigenvalue weighted by atomic mass is 16.5. The Morgan fingerprint density at radius 3 is 2.41 bits per heavy atom. The molecule has 5 heteroatoms. The Kier molecular flexibility index (Phi) is 5.68. The van der Waals surface area contributed by atoms with E-state index in [-0.39, 0.29) is 17.5 Å². The lowest BCUT2D eigenvalue weighted by atomic mass is 10.1. The summed E-state index contributed by atoms with van der Waals surface area (Å²) in [4.78, 5) is 25.1. The zero-order chi connectivity index (χ0) is 19.2. The average Bonchev–Trinajstić information content (AvgIpc) is 3.50. The number of carbonyl (C=O) groups is 2. The summed E-state index contributed by atoms with van der Waals surface area (Å²) in [6.45, 7) is 1.95. The summed E-state index contributed by atoms with van der Waals surface area (Å²) in [6.07, 6.45) is 2.23. The number of rotatable bonds is 6. The molecule has 2 aromatic carbocycles. The van der Waals surface area contributed by atoms with Crippen molar-refractivity contribution in [3.8, 4) is 6.07 Å². The maximum Gasteiger partial charge on any atom is 0.350 e. The molecule has 3 rings (SSSR count). The average molecular weight is 360 g/mol. The molecule has 2 aromatic rings. The number of nitriles is 1. The van der Waals surface area contributed by atoms with E-state index < -0.39 is 12.1 Å². The number of esters is 1. The van der Waals surface area contributed by atoms with Gasteiger partial charge in [0, 0.05) is 11.6 Å². The topological polar surface area (TPSA) is 79.2 Å². The summed E-state index contributed by atoms with van der Waals surface area (Å²) in [5, 5.41) is 12.2. The van der Waals surface area contributed by atoms with Gasteiger partial charge in [-0.3, -0.25) is 4.79 Å². The molecule has 1 N–H and O–H groups in total. The lowest BCUT2D eigenvalue weighted by molar-refractivity contribution is -0.152. The molecule has 0 spiro atoms. The van der Waals surface area contributed by atoms with Crippen LogP contribution in [-0.2, 0) is 14.3 Å². The van der Waals surface area contributed by atoms with Gasteiger partial charge in [-0.1, -0.05) is 60.2 Å². The zero-order valence-electron chi connectivity index (χ0n) is 15.0. The highest BCUT2D eigenvalue weighted by Crippen LogP contribution is 2.24. The SMILES string of the molecule is Cc1ccc(/C=C(\C#N)C(=O)O[C@@H](C(=O)NC2CC2)c2ccccc2)cc1. The van der Waals surface area contributed by atoms with Crippen LogP contribution in [0.3, 0.4) is 0 Å². The van der Waals surface area contributed by atoms with Crippen LogP contribution in [0.5, 0.6) is 0 Å². The number of nitrogens with zero attached hydrogens (tertiary/aromatic N) is 1. The second-order valence-corrected chi connectivity index (χ2v) is 6.56. The molecular formula is C22H20N2O3. The number of nitrogens with one attached hydrogen (secondary N) is 1. The maximum absolute atomic E-state index is 12.5. The van der Waals surface area contributed by atoms with Crippen LogP contribution in [0.2, 0.25) is 0 Å². The molecule has 0 heterocycles. The van der Waals surface area contributed by atoms with Gasteiger partial charge in [0.25, 0.3) is 5.91 Å². The molecule has 136 valence electrons. The van der Waals surface area contributed by atoms with Gasteiger partial charge in [-0.25, -0.2) is 4.79 Å². The third kappa shape index (κ3) is 5.05. The van der Waals surface area contributed by atoms with Crippen molar-refractivity contribution in [2.45, 2.75) is 31.9 Å². The molecule has 0 radical (unpaired) electrons. The monoisotopic (exact) mass is 360 g/mol. The Labute approximate surface area is 158 Å². The van der Waals surface area contributed by atoms with E-state index in [2.05, 4.69) is 5.32 Å². The quantitative estimate of drug-likeness (QED) is 0.486. The molecule has 0 aromatic heterocycles. The second kappa shape index (κ2) is 8.33. The van der Waals surface area contributed by atoms with Crippen molar-refractivity contribution >= 4 is 18.0 Å². The first-order valence-electron chi connectivity index (χ1n) is 8.81. The first kappa shape index (κ1) is 18.4. The van der Waals surface area contributed by atoms with Gasteiger partial charge >= 0.3 is 5.97 Å². The van der Waals surface area contributed by atoms with Crippen molar-refractivity contribution in [3.05, 3.63) is 76.9 Å². The Morgan fingerprint density at radius 2 is 1.81 bits per heavy atom. The molecule has 1 fully saturated rings. The third-order valence-electron chi connectivity index (χ3n) is 4.22. The first-order valence-corrected chi connectivity index (χ1v) is 8.81. The summed E-state index contributed by atoms with van der Waals surface area (Å²) in [6, 6.07) is 18.2. The Hall–Kier alpha value is -3.39. The van der Waals surface area contributed by atoms with Crippen LogP contribution in [0.4, 0.5) is 0 Å². The van der Waals surface area contributed by atoms with Gasteiger partial charge in [-0.15, -0.1) is 0 Å². The zero-order valence-corrected chi connectivity index (χ0v) is 15.0. The third-order valence-corrected chi connectivity index (χ3v) is 4.22. The maximum atomic E-state index is 12.5. The summed E-state index contributed by atoms with van der Waals surface area (Å²) >= 11 is 0. The van der Waals surface area contributed by atoms with Gasteiger partial charge < -0.3 is 10.1 Å². The molecule has 5 nitrogen and oxygen atoms in total. The van der Waals surface area contributed by atoms with Crippen molar-refractivity contribution in [1.29, 1.82) is 5.26 Å². The van der Waals surface area contributed by atoms with Crippen LogP contribution >= 0.6 is 0 Å². The number of hydrogen-bond acceptors (Lipinski definition) is 4. The normalized spacial score (nSPS) is 14.7. The smallest absolute Gasteiger partial charge is 0.350 e. The molecule has 1 saturated carbocycles. The van der Waals surface area contributed by atoms with Crippen LogP contribution in [0.1, 0.15) is 35.6 Å². The fourth-order valence-electron chi connectivity index (χ4n) is 2.54. The van der Waals surface area contributed by atoms with E-state index in [1.165, 1.54) is 6.08 Å². The van der Waals surface area contributed by atoms with Crippen molar-refractivity contribution in [1.82, 2.24) is 5.32 Å². The van der Waals surface area contributed by atoms with E-state index in [0.29, 0.717) is 11.1 Å². The van der Waals surface area contributed by atoms with Crippen LogP contribution in [0.25, 0.3) is 6.08 Å². The van der Waals surface area contributed by atoms with Crippen LogP contribution in [-0.4, -0.2) is 17.9 Å². The Balaban J connectivity index is 1.80. The lowest BCUT2D eigenvalue weighted by Crippen LogP contribution is -2.33. The second-order valence-electron chi connectivity index (χ2n) is 6.56. The fourth-order valence-corrected chi connectivity index (χ4v) is 2.54. The van der Waals surface area contributed by atoms with Crippen molar-refractivity contribution in [3.63, 3.8) is 0 Å². The highest BCUT2D eigenvalue weighted by molar-refractivity contribution is 5.99. The standard InChI is InChI=1S/C22H20N2O3/c1-15-7-9-16(10-8-15)13-18(14-23)22(26)27-20(17-5-3-2-4-6-17)21(25)24-19-11-12-19/h2-10,13,19-20H,11-12H2,1H3,(H,24,25)/b18-13+/t20-/m1/s1. The van der Waals surface area contributed by atoms with Gasteiger partial charge in [-0.05, 0) is 31.4 Å². The minimum absolute atomic E-state index is 0.140. The van der Waals surface area contributed by atoms with E-state index in [4.69, 9.17) is 4.74 Å². The summed E-state index contributed by atoms with van der Waals surface area (Å²) < 4.78 is 5.43. The number of ether oxygens (including phenoxy) is 1. The van der Waals surface area contributed by atoms with Crippen LogP contribution in [0, 0.1) is 18.3 Å². The Morgan fingerprint density at radius 1 is 1.15 bits per heavy atom. The van der Waals surface area contributed by atoms with Gasteiger partial charge in [0.2, 0.25) is 6.10 Å². The minimum atomic E-state index is -1.09. The predicted octanol–water partition coefficient (Wildman–Crippen LogP) is 3.47. The van der Waals surface area contributed by atoms with Gasteiger partial charge in [0.15, 0.2) is 0 Å². The largest absolute Gasteiger partial charge is 0.443 e. The predicted molar refractivity (Wildman–Crippen MR) is 101 cm³/mol. The summed E-state index contributed by atoms with van der Waals surface area (Å²) in [5.74, 6) is -1.19. The molecule has 0 saturated heterocycles. The van der Waals surface area contributed by atoms with E-state index in [9.17, 15) is 14.9 Å². The summed E-state index contributed by atoms with van der Waals surface area (Å²) in [7, 11) is 0. The van der Waals surface area contributed by atoms with E-state index in [0.717, 1.165) is 18.4 Å². The fraction of sp³-hybridized carbons (Fsp3) is 0.227. The number of carbonyl (C=O) groups excluding carboxylic acids is 2. The highest BCUT2D eigenvalue weighted by Gasteiger charge is 2.31. The number of amides is 1. The summed E-state index contributed by atoms with van der Waals surface area (Å²) in [5.41, 5.74) is 2.21. The molecule has 1 aliphatic rings. The molecule has 0 unspecified atom stereocenters. The molecule has 1 aliphatic carbocycles. The molecule has 1 amide bonds. The number of hydrogen-bond donors (Lipinski definition) is 1. The van der Waals surface area contributed by atoms with Crippen molar-refractivity contribution in [2.75, 3.05) is 0 Å². The molecule has 1 atom stereocenters. The molecular weight excluding hydrogens is 340 g/mol. The van der Waals surface area contributed by atoms with Gasteiger partial charge in [-0.2, -0.15) is 5.26 Å².